The van der Waals surface area contributed by atoms with Crippen molar-refractivity contribution in [3.05, 3.63) is 76.3 Å². The third-order valence-corrected chi connectivity index (χ3v) is 6.10. The van der Waals surface area contributed by atoms with Crippen LogP contribution in [-0.2, 0) is 0 Å². The van der Waals surface area contributed by atoms with Crippen molar-refractivity contribution in [2.75, 3.05) is 19.6 Å². The van der Waals surface area contributed by atoms with E-state index < -0.39 is 6.10 Å². The van der Waals surface area contributed by atoms with Crippen LogP contribution in [-0.4, -0.2) is 34.6 Å². The van der Waals surface area contributed by atoms with Gasteiger partial charge in [0.25, 0.3) is 0 Å². The number of aromatic nitrogens is 1. The highest BCUT2D eigenvalue weighted by Gasteiger charge is 2.17. The molecule has 170 valence electrons. The second-order valence-electron chi connectivity index (χ2n) is 8.21. The molecule has 0 amide bonds. The zero-order valence-corrected chi connectivity index (χ0v) is 20.4. The second kappa shape index (κ2) is 12.4. The van der Waals surface area contributed by atoms with Gasteiger partial charge in [-0.15, -0.1) is 0 Å². The predicted molar refractivity (Wildman–Crippen MR) is 136 cm³/mol. The topological polar surface area (TPSA) is 36.4 Å². The molecule has 32 heavy (non-hydrogen) atoms. The van der Waals surface area contributed by atoms with Crippen LogP contribution in [0.5, 0.6) is 0 Å². The molecule has 0 aliphatic carbocycles. The summed E-state index contributed by atoms with van der Waals surface area (Å²) in [6.07, 6.45) is 3.98. The fourth-order valence-corrected chi connectivity index (χ4v) is 3.94. The summed E-state index contributed by atoms with van der Waals surface area (Å²) >= 11 is 12.2. The SMILES string of the molecule is CCCCN(CCCC)C[C@@H](O)c1cc(-c2ccc(Cl)cc2)nc(-c2ccc(Cl)cc2)c1. The minimum absolute atomic E-state index is 0.594. The van der Waals surface area contributed by atoms with Gasteiger partial charge in [0.2, 0.25) is 0 Å². The normalized spacial score (nSPS) is 12.3. The fourth-order valence-electron chi connectivity index (χ4n) is 3.69. The Labute approximate surface area is 202 Å². The molecule has 0 aliphatic heterocycles. The van der Waals surface area contributed by atoms with Gasteiger partial charge in [-0.05, 0) is 67.9 Å². The first-order valence-electron chi connectivity index (χ1n) is 11.4. The van der Waals surface area contributed by atoms with E-state index in [4.69, 9.17) is 28.2 Å². The monoisotopic (exact) mass is 470 g/mol. The molecule has 1 heterocycles. The highest BCUT2D eigenvalue weighted by atomic mass is 35.5. The molecule has 0 fully saturated rings. The maximum atomic E-state index is 11.2. The van der Waals surface area contributed by atoms with Crippen LogP contribution in [0.2, 0.25) is 10.0 Å². The number of hydrogen-bond acceptors (Lipinski definition) is 3. The van der Waals surface area contributed by atoms with Crippen LogP contribution in [0.25, 0.3) is 22.5 Å². The largest absolute Gasteiger partial charge is 0.387 e. The number of rotatable bonds is 11. The molecule has 1 atom stereocenters. The van der Waals surface area contributed by atoms with E-state index in [0.29, 0.717) is 16.6 Å². The fraction of sp³-hybridized carbons (Fsp3) is 0.370. The summed E-state index contributed by atoms with van der Waals surface area (Å²) in [5, 5.41) is 12.6. The van der Waals surface area contributed by atoms with Gasteiger partial charge in [-0.1, -0.05) is 74.2 Å². The maximum absolute atomic E-state index is 11.2. The minimum Gasteiger partial charge on any atom is -0.387 e. The van der Waals surface area contributed by atoms with Crippen LogP contribution in [0.1, 0.15) is 51.2 Å². The van der Waals surface area contributed by atoms with E-state index in [2.05, 4.69) is 18.7 Å². The number of benzene rings is 2. The van der Waals surface area contributed by atoms with E-state index >= 15 is 0 Å². The molecule has 0 bridgehead atoms. The van der Waals surface area contributed by atoms with Crippen molar-refractivity contribution in [1.29, 1.82) is 0 Å². The predicted octanol–water partition coefficient (Wildman–Crippen LogP) is 7.66. The summed E-state index contributed by atoms with van der Waals surface area (Å²) in [6.45, 7) is 7.03. The van der Waals surface area contributed by atoms with Crippen molar-refractivity contribution in [2.45, 2.75) is 45.6 Å². The number of nitrogens with zero attached hydrogens (tertiary/aromatic N) is 2. The van der Waals surface area contributed by atoms with Crippen LogP contribution in [0.15, 0.2) is 60.7 Å². The third-order valence-electron chi connectivity index (χ3n) is 5.60. The van der Waals surface area contributed by atoms with Gasteiger partial charge in [0, 0.05) is 27.7 Å². The molecule has 1 aromatic heterocycles. The molecule has 2 aromatic carbocycles. The van der Waals surface area contributed by atoms with Crippen molar-refractivity contribution in [1.82, 2.24) is 9.88 Å². The molecule has 0 saturated carbocycles. The average Bonchev–Trinajstić information content (AvgIpc) is 2.81. The van der Waals surface area contributed by atoms with Crippen LogP contribution in [0.3, 0.4) is 0 Å². The molecule has 0 aliphatic rings. The number of hydrogen-bond donors (Lipinski definition) is 1. The molecule has 0 spiro atoms. The second-order valence-corrected chi connectivity index (χ2v) is 9.08. The lowest BCUT2D eigenvalue weighted by atomic mass is 10.0. The van der Waals surface area contributed by atoms with Gasteiger partial charge in [0.15, 0.2) is 0 Å². The number of aliphatic hydroxyl groups excluding tert-OH is 1. The Hall–Kier alpha value is -1.91. The molecule has 5 heteroatoms. The molecular formula is C27H32Cl2N2O. The first-order valence-corrected chi connectivity index (χ1v) is 12.2. The Kier molecular flexibility index (Phi) is 9.55. The highest BCUT2D eigenvalue weighted by molar-refractivity contribution is 6.30. The average molecular weight is 471 g/mol. The number of aliphatic hydroxyl groups is 1. The highest BCUT2D eigenvalue weighted by Crippen LogP contribution is 2.29. The summed E-state index contributed by atoms with van der Waals surface area (Å²) in [4.78, 5) is 7.26. The van der Waals surface area contributed by atoms with Gasteiger partial charge >= 0.3 is 0 Å². The molecule has 3 aromatic rings. The van der Waals surface area contributed by atoms with E-state index in [-0.39, 0.29) is 0 Å². The van der Waals surface area contributed by atoms with Gasteiger partial charge in [-0.25, -0.2) is 4.98 Å². The Morgan fingerprint density at radius 3 is 1.62 bits per heavy atom. The Morgan fingerprint density at radius 1 is 0.781 bits per heavy atom. The summed E-state index contributed by atoms with van der Waals surface area (Å²) < 4.78 is 0. The Bertz CT molecular complexity index is 902. The Morgan fingerprint density at radius 2 is 1.22 bits per heavy atom. The van der Waals surface area contributed by atoms with Crippen LogP contribution in [0, 0.1) is 0 Å². The molecule has 0 unspecified atom stereocenters. The van der Waals surface area contributed by atoms with Gasteiger partial charge in [-0.3, -0.25) is 0 Å². The van der Waals surface area contributed by atoms with Crippen molar-refractivity contribution in [3.63, 3.8) is 0 Å². The lowest BCUT2D eigenvalue weighted by Gasteiger charge is -2.25. The zero-order chi connectivity index (χ0) is 22.9. The van der Waals surface area contributed by atoms with E-state index in [9.17, 15) is 5.11 Å². The molecule has 1 N–H and O–H groups in total. The molecule has 0 radical (unpaired) electrons. The summed E-state index contributed by atoms with van der Waals surface area (Å²) in [7, 11) is 0. The Balaban J connectivity index is 1.95. The molecule has 3 rings (SSSR count). The van der Waals surface area contributed by atoms with E-state index in [1.165, 1.54) is 0 Å². The zero-order valence-electron chi connectivity index (χ0n) is 18.9. The van der Waals surface area contributed by atoms with Crippen LogP contribution in [0.4, 0.5) is 0 Å². The van der Waals surface area contributed by atoms with Crippen molar-refractivity contribution < 1.29 is 5.11 Å². The maximum Gasteiger partial charge on any atom is 0.0918 e. The number of unbranched alkanes of at least 4 members (excludes halogenated alkanes) is 2. The van der Waals surface area contributed by atoms with Gasteiger partial charge in [0.05, 0.1) is 17.5 Å². The molecular weight excluding hydrogens is 439 g/mol. The van der Waals surface area contributed by atoms with Crippen molar-refractivity contribution in [3.8, 4) is 22.5 Å². The smallest absolute Gasteiger partial charge is 0.0918 e. The quantitative estimate of drug-likeness (QED) is 0.312. The third kappa shape index (κ3) is 7.05. The molecule has 3 nitrogen and oxygen atoms in total. The van der Waals surface area contributed by atoms with Crippen LogP contribution >= 0.6 is 23.2 Å². The van der Waals surface area contributed by atoms with Gasteiger partial charge < -0.3 is 10.0 Å². The van der Waals surface area contributed by atoms with Gasteiger partial charge in [-0.2, -0.15) is 0 Å². The number of pyridine rings is 1. The lowest BCUT2D eigenvalue weighted by Crippen LogP contribution is -2.30. The number of halogens is 2. The summed E-state index contributed by atoms with van der Waals surface area (Å²) in [5.74, 6) is 0. The van der Waals surface area contributed by atoms with E-state index in [1.807, 2.05) is 60.7 Å². The lowest BCUT2D eigenvalue weighted by molar-refractivity contribution is 0.111. The van der Waals surface area contributed by atoms with Crippen molar-refractivity contribution >= 4 is 23.2 Å². The minimum atomic E-state index is -0.594. The van der Waals surface area contributed by atoms with Gasteiger partial charge in [0.1, 0.15) is 0 Å². The first-order chi connectivity index (χ1) is 15.5. The van der Waals surface area contributed by atoms with E-state index in [0.717, 1.165) is 66.9 Å². The van der Waals surface area contributed by atoms with Crippen molar-refractivity contribution in [2.24, 2.45) is 0 Å². The standard InChI is InChI=1S/C27H32Cl2N2O/c1-3-5-15-31(16-6-4-2)19-27(32)22-17-25(20-7-11-23(28)12-8-20)30-26(18-22)21-9-13-24(29)14-10-21/h7-14,17-18,27,32H,3-6,15-16,19H2,1-2H3/t27-/m1/s1. The summed E-state index contributed by atoms with van der Waals surface area (Å²) in [6, 6.07) is 19.3. The van der Waals surface area contributed by atoms with Crippen LogP contribution < -0.4 is 0 Å². The summed E-state index contributed by atoms with van der Waals surface area (Å²) in [5.41, 5.74) is 4.43. The molecule has 0 saturated heterocycles. The van der Waals surface area contributed by atoms with E-state index in [1.54, 1.807) is 0 Å². The first kappa shape index (κ1) is 24.7.